The Balaban J connectivity index is 1.40. The smallest absolute Gasteiger partial charge is 0.311 e. The molecule has 1 heterocycles. The van der Waals surface area contributed by atoms with Gasteiger partial charge in [-0.15, -0.1) is 0 Å². The van der Waals surface area contributed by atoms with Crippen LogP contribution in [0.25, 0.3) is 0 Å². The maximum atomic E-state index is 12.6. The second kappa shape index (κ2) is 7.71. The molecule has 1 aliphatic heterocycles. The minimum absolute atomic E-state index is 0.0819. The molecule has 0 spiro atoms. The summed E-state index contributed by atoms with van der Waals surface area (Å²) in [5.74, 6) is 0.0133. The van der Waals surface area contributed by atoms with Crippen molar-refractivity contribution in [2.75, 3.05) is 13.1 Å². The van der Waals surface area contributed by atoms with Crippen LogP contribution in [0, 0.1) is 23.2 Å². The van der Waals surface area contributed by atoms with Crippen LogP contribution in [0.1, 0.15) is 65.2 Å². The van der Waals surface area contributed by atoms with E-state index >= 15 is 0 Å². The fraction of sp³-hybridized carbons (Fsp3) is 0.783. The van der Waals surface area contributed by atoms with Gasteiger partial charge in [-0.25, -0.2) is 0 Å². The lowest BCUT2D eigenvalue weighted by molar-refractivity contribution is -0.144. The highest BCUT2D eigenvalue weighted by molar-refractivity contribution is 5.76. The van der Waals surface area contributed by atoms with Gasteiger partial charge in [0.15, 0.2) is 0 Å². The van der Waals surface area contributed by atoms with Crippen molar-refractivity contribution in [3.63, 3.8) is 0 Å². The summed E-state index contributed by atoms with van der Waals surface area (Å²) in [5, 5.41) is 14.8. The van der Waals surface area contributed by atoms with E-state index in [1.807, 2.05) is 0 Å². The zero-order valence-corrected chi connectivity index (χ0v) is 16.9. The summed E-state index contributed by atoms with van der Waals surface area (Å²) in [6.07, 6.45) is 13.1. The molecule has 0 aromatic carbocycles. The van der Waals surface area contributed by atoms with Crippen molar-refractivity contribution in [2.24, 2.45) is 23.2 Å². The van der Waals surface area contributed by atoms with Crippen LogP contribution < -0.4 is 5.32 Å². The Morgan fingerprint density at radius 1 is 1.30 bits per heavy atom. The molecule has 4 nitrogen and oxygen atoms in total. The van der Waals surface area contributed by atoms with Crippen LogP contribution in [0.5, 0.6) is 0 Å². The van der Waals surface area contributed by atoms with Gasteiger partial charge >= 0.3 is 5.97 Å². The molecule has 2 N–H and O–H groups in total. The Morgan fingerprint density at radius 2 is 2.15 bits per heavy atom. The van der Waals surface area contributed by atoms with E-state index in [4.69, 9.17) is 4.74 Å². The minimum atomic E-state index is -0.503. The lowest BCUT2D eigenvalue weighted by atomic mass is 9.55. The molecule has 6 unspecified atom stereocenters. The van der Waals surface area contributed by atoms with E-state index in [0.717, 1.165) is 32.2 Å². The van der Waals surface area contributed by atoms with E-state index in [1.54, 1.807) is 5.57 Å². The third-order valence-electron chi connectivity index (χ3n) is 7.94. The lowest BCUT2D eigenvalue weighted by Gasteiger charge is -2.51. The van der Waals surface area contributed by atoms with Gasteiger partial charge in [0, 0.05) is 24.3 Å². The summed E-state index contributed by atoms with van der Waals surface area (Å²) in [6.45, 7) is 5.97. The number of nitrogens with one attached hydrogen (secondary N) is 1. The van der Waals surface area contributed by atoms with Gasteiger partial charge in [0.2, 0.25) is 0 Å². The molecule has 1 saturated heterocycles. The SMILES string of the molecule is CC1CCC=C2CC3OC(=O)C(CNCCC4=CCCCC4)C3C(O)C21C. The number of ether oxygens (including phenoxy) is 1. The summed E-state index contributed by atoms with van der Waals surface area (Å²) in [4.78, 5) is 12.6. The van der Waals surface area contributed by atoms with Gasteiger partial charge in [-0.2, -0.15) is 0 Å². The average Bonchev–Trinajstić information content (AvgIpc) is 2.98. The molecule has 6 atom stereocenters. The molecular weight excluding hydrogens is 338 g/mol. The predicted octanol–water partition coefficient (Wildman–Crippen LogP) is 3.75. The van der Waals surface area contributed by atoms with Crippen LogP contribution in [0.2, 0.25) is 0 Å². The molecule has 0 aromatic rings. The van der Waals surface area contributed by atoms with Gasteiger partial charge in [0.25, 0.3) is 0 Å². The molecule has 4 heteroatoms. The maximum Gasteiger partial charge on any atom is 0.311 e. The Labute approximate surface area is 163 Å². The molecular formula is C23H35NO3. The first-order valence-electron chi connectivity index (χ1n) is 11.0. The second-order valence-corrected chi connectivity index (χ2v) is 9.36. The van der Waals surface area contributed by atoms with Crippen molar-refractivity contribution in [3.8, 4) is 0 Å². The Bertz CT molecular complexity index is 640. The number of aliphatic hydroxyl groups excluding tert-OH is 1. The second-order valence-electron chi connectivity index (χ2n) is 9.36. The highest BCUT2D eigenvalue weighted by Crippen LogP contribution is 2.55. The standard InChI is InChI=1S/C23H35NO3/c1-15-7-6-10-17-13-19-20(21(25)23(15,17)2)18(22(26)27-19)14-24-12-11-16-8-4-3-5-9-16/h8,10,15,18-21,24-25H,3-7,9,11-14H2,1-2H3. The van der Waals surface area contributed by atoms with Crippen molar-refractivity contribution in [1.29, 1.82) is 0 Å². The Hall–Kier alpha value is -1.13. The topological polar surface area (TPSA) is 58.6 Å². The highest BCUT2D eigenvalue weighted by Gasteiger charge is 2.59. The number of esters is 1. The normalized spacial score (nSPS) is 41.3. The minimum Gasteiger partial charge on any atom is -0.461 e. The van der Waals surface area contributed by atoms with Gasteiger partial charge in [0.05, 0.1) is 12.0 Å². The Morgan fingerprint density at radius 3 is 2.93 bits per heavy atom. The van der Waals surface area contributed by atoms with E-state index in [0.29, 0.717) is 12.5 Å². The van der Waals surface area contributed by atoms with Crippen LogP contribution >= 0.6 is 0 Å². The summed E-state index contributed by atoms with van der Waals surface area (Å²) >= 11 is 0. The molecule has 0 aromatic heterocycles. The summed E-state index contributed by atoms with van der Waals surface area (Å²) < 4.78 is 5.73. The summed E-state index contributed by atoms with van der Waals surface area (Å²) in [7, 11) is 0. The van der Waals surface area contributed by atoms with Crippen molar-refractivity contribution in [2.45, 2.75) is 77.4 Å². The molecule has 3 aliphatic carbocycles. The third kappa shape index (κ3) is 3.40. The Kier molecular flexibility index (Phi) is 5.48. The molecule has 0 radical (unpaired) electrons. The molecule has 1 saturated carbocycles. The monoisotopic (exact) mass is 373 g/mol. The van der Waals surface area contributed by atoms with Gasteiger partial charge < -0.3 is 15.2 Å². The molecule has 150 valence electrons. The third-order valence-corrected chi connectivity index (χ3v) is 7.94. The number of hydrogen-bond acceptors (Lipinski definition) is 4. The van der Waals surface area contributed by atoms with Gasteiger partial charge in [0.1, 0.15) is 6.10 Å². The molecule has 27 heavy (non-hydrogen) atoms. The van der Waals surface area contributed by atoms with Gasteiger partial charge in [-0.1, -0.05) is 37.1 Å². The first kappa shape index (κ1) is 19.2. The van der Waals surface area contributed by atoms with Crippen LogP contribution in [-0.4, -0.2) is 36.4 Å². The van der Waals surface area contributed by atoms with E-state index in [2.05, 4.69) is 31.3 Å². The lowest BCUT2D eigenvalue weighted by Crippen LogP contribution is -2.54. The van der Waals surface area contributed by atoms with Gasteiger partial charge in [-0.3, -0.25) is 4.79 Å². The molecule has 4 aliphatic rings. The number of carbonyl (C=O) groups excluding carboxylic acids is 1. The molecule has 2 fully saturated rings. The molecule has 0 bridgehead atoms. The largest absolute Gasteiger partial charge is 0.461 e. The van der Waals surface area contributed by atoms with E-state index < -0.39 is 6.10 Å². The van der Waals surface area contributed by atoms with Crippen LogP contribution in [0.3, 0.4) is 0 Å². The number of hydrogen-bond donors (Lipinski definition) is 2. The van der Waals surface area contributed by atoms with Crippen molar-refractivity contribution in [1.82, 2.24) is 5.32 Å². The van der Waals surface area contributed by atoms with Crippen LogP contribution in [0.15, 0.2) is 23.3 Å². The zero-order valence-electron chi connectivity index (χ0n) is 16.9. The van der Waals surface area contributed by atoms with E-state index in [-0.39, 0.29) is 29.3 Å². The first-order valence-corrected chi connectivity index (χ1v) is 11.0. The van der Waals surface area contributed by atoms with E-state index in [1.165, 1.54) is 31.3 Å². The fourth-order valence-corrected chi connectivity index (χ4v) is 5.94. The van der Waals surface area contributed by atoms with Crippen molar-refractivity contribution >= 4 is 5.97 Å². The van der Waals surface area contributed by atoms with Crippen molar-refractivity contribution < 1.29 is 14.6 Å². The number of allylic oxidation sites excluding steroid dienone is 2. The van der Waals surface area contributed by atoms with Crippen LogP contribution in [0.4, 0.5) is 0 Å². The average molecular weight is 374 g/mol. The first-order chi connectivity index (χ1) is 13.0. The summed E-state index contributed by atoms with van der Waals surface area (Å²) in [6, 6.07) is 0. The number of rotatable bonds is 5. The molecule has 0 amide bonds. The highest BCUT2D eigenvalue weighted by atomic mass is 16.6. The maximum absolute atomic E-state index is 12.6. The quantitative estimate of drug-likeness (QED) is 0.438. The summed E-state index contributed by atoms with van der Waals surface area (Å²) in [5.41, 5.74) is 2.65. The van der Waals surface area contributed by atoms with Gasteiger partial charge in [-0.05, 0) is 57.4 Å². The predicted molar refractivity (Wildman–Crippen MR) is 106 cm³/mol. The zero-order chi connectivity index (χ0) is 19.0. The number of aliphatic hydroxyl groups is 1. The fourth-order valence-electron chi connectivity index (χ4n) is 5.94. The molecule has 4 rings (SSSR count). The van der Waals surface area contributed by atoms with E-state index in [9.17, 15) is 9.90 Å². The number of carbonyl (C=O) groups is 1. The number of fused-ring (bicyclic) bond motifs is 2. The van der Waals surface area contributed by atoms with Crippen molar-refractivity contribution in [3.05, 3.63) is 23.3 Å². The van der Waals surface area contributed by atoms with Crippen LogP contribution in [-0.2, 0) is 9.53 Å².